The fourth-order valence-electron chi connectivity index (χ4n) is 2.53. The van der Waals surface area contributed by atoms with E-state index in [-0.39, 0.29) is 23.8 Å². The average molecular weight is 434 g/mol. The molecule has 0 aromatic heterocycles. The minimum atomic E-state index is -3.63. The first-order chi connectivity index (χ1) is 11.0. The lowest BCUT2D eigenvalue weighted by Gasteiger charge is -2.11. The largest absolute Gasteiger partial charge is 0.497 e. The van der Waals surface area contributed by atoms with Crippen molar-refractivity contribution in [3.63, 3.8) is 0 Å². The molecule has 2 N–H and O–H groups in total. The fraction of sp³-hybridized carbons (Fsp3) is 0.250. The molecule has 0 amide bonds. The van der Waals surface area contributed by atoms with Crippen LogP contribution < -0.4 is 14.8 Å². The molecule has 3 rings (SSSR count). The summed E-state index contributed by atoms with van der Waals surface area (Å²) in [5, 5.41) is 3.27. The minimum Gasteiger partial charge on any atom is -0.497 e. The Morgan fingerprint density at radius 2 is 1.92 bits per heavy atom. The molecule has 2 aromatic carbocycles. The zero-order chi connectivity index (χ0) is 16.4. The average Bonchev–Trinajstić information content (AvgIpc) is 3.01. The molecule has 24 heavy (non-hydrogen) atoms. The summed E-state index contributed by atoms with van der Waals surface area (Å²) < 4.78 is 33.3. The van der Waals surface area contributed by atoms with Crippen molar-refractivity contribution in [2.24, 2.45) is 0 Å². The minimum absolute atomic E-state index is 0. The van der Waals surface area contributed by atoms with Crippen molar-refractivity contribution in [2.75, 3.05) is 7.11 Å². The van der Waals surface area contributed by atoms with Gasteiger partial charge >= 0.3 is 0 Å². The number of nitrogens with one attached hydrogen (secondary N) is 2. The number of fused-ring (bicyclic) bond motifs is 1. The number of sulfonamides is 1. The smallest absolute Gasteiger partial charge is 0.242 e. The van der Waals surface area contributed by atoms with E-state index >= 15 is 0 Å². The van der Waals surface area contributed by atoms with Crippen molar-refractivity contribution >= 4 is 38.4 Å². The van der Waals surface area contributed by atoms with Crippen LogP contribution in [-0.4, -0.2) is 15.5 Å². The van der Waals surface area contributed by atoms with Gasteiger partial charge in [-0.25, -0.2) is 13.1 Å². The number of hydrogen-bond donors (Lipinski definition) is 2. The van der Waals surface area contributed by atoms with Gasteiger partial charge in [0.25, 0.3) is 0 Å². The summed E-state index contributed by atoms with van der Waals surface area (Å²) in [4.78, 5) is 0.166. The van der Waals surface area contributed by atoms with Crippen LogP contribution >= 0.6 is 28.3 Å². The van der Waals surface area contributed by atoms with E-state index in [1.54, 1.807) is 12.1 Å². The summed E-state index contributed by atoms with van der Waals surface area (Å²) in [5.74, 6) is 0.497. The third-order valence-corrected chi connectivity index (χ3v) is 6.19. The predicted octanol–water partition coefficient (Wildman–Crippen LogP) is 2.96. The molecule has 0 saturated heterocycles. The van der Waals surface area contributed by atoms with Crippen LogP contribution in [0.25, 0.3) is 0 Å². The van der Waals surface area contributed by atoms with Gasteiger partial charge in [0.05, 0.1) is 12.0 Å². The van der Waals surface area contributed by atoms with E-state index in [4.69, 9.17) is 4.74 Å². The lowest BCUT2D eigenvalue weighted by atomic mass is 10.1. The number of halogens is 2. The fourth-order valence-corrected chi connectivity index (χ4v) is 4.52. The first-order valence-electron chi connectivity index (χ1n) is 7.14. The Morgan fingerprint density at radius 3 is 2.67 bits per heavy atom. The van der Waals surface area contributed by atoms with Gasteiger partial charge in [-0.1, -0.05) is 18.2 Å². The summed E-state index contributed by atoms with van der Waals surface area (Å²) in [6, 6.07) is 10.9. The molecule has 2 aromatic rings. The second kappa shape index (κ2) is 7.84. The van der Waals surface area contributed by atoms with Crippen molar-refractivity contribution in [3.05, 3.63) is 57.6 Å². The monoisotopic (exact) mass is 432 g/mol. The molecule has 5 nitrogen and oxygen atoms in total. The highest BCUT2D eigenvalue weighted by Gasteiger charge is 2.19. The van der Waals surface area contributed by atoms with Gasteiger partial charge in [-0.05, 0) is 44.8 Å². The van der Waals surface area contributed by atoms with Crippen LogP contribution in [0.1, 0.15) is 16.7 Å². The molecule has 130 valence electrons. The quantitative estimate of drug-likeness (QED) is 0.761. The molecule has 0 unspecified atom stereocenters. The molecule has 0 spiro atoms. The summed E-state index contributed by atoms with van der Waals surface area (Å²) in [6.45, 7) is 1.95. The molecule has 0 saturated carbocycles. The molecule has 0 aliphatic carbocycles. The van der Waals surface area contributed by atoms with Gasteiger partial charge < -0.3 is 10.1 Å². The van der Waals surface area contributed by atoms with E-state index in [1.807, 2.05) is 18.2 Å². The first kappa shape index (κ1) is 19.2. The molecule has 0 bridgehead atoms. The van der Waals surface area contributed by atoms with Crippen LogP contribution in [-0.2, 0) is 29.7 Å². The Balaban J connectivity index is 0.00000208. The topological polar surface area (TPSA) is 67.4 Å². The summed E-state index contributed by atoms with van der Waals surface area (Å²) in [5.41, 5.74) is 3.44. The van der Waals surface area contributed by atoms with Gasteiger partial charge in [-0.2, -0.15) is 0 Å². The number of rotatable bonds is 5. The van der Waals surface area contributed by atoms with Crippen molar-refractivity contribution in [3.8, 4) is 5.75 Å². The van der Waals surface area contributed by atoms with Crippen LogP contribution in [0.15, 0.2) is 45.8 Å². The summed E-state index contributed by atoms with van der Waals surface area (Å²) in [6.07, 6.45) is 0. The third-order valence-electron chi connectivity index (χ3n) is 3.80. The Labute approximate surface area is 156 Å². The zero-order valence-corrected chi connectivity index (χ0v) is 16.2. The SMILES string of the molecule is COc1ccc(Br)c(S(=O)(=O)NCc2ccc3c(c2)CNC3)c1.Cl. The Kier molecular flexibility index (Phi) is 6.28. The van der Waals surface area contributed by atoms with Crippen molar-refractivity contribution < 1.29 is 13.2 Å². The highest BCUT2D eigenvalue weighted by atomic mass is 79.9. The second-order valence-corrected chi connectivity index (χ2v) is 7.92. The van der Waals surface area contributed by atoms with Gasteiger partial charge in [-0.3, -0.25) is 0 Å². The molecule has 0 radical (unpaired) electrons. The van der Waals surface area contributed by atoms with Crippen LogP contribution in [0.2, 0.25) is 0 Å². The van der Waals surface area contributed by atoms with E-state index in [0.29, 0.717) is 10.2 Å². The molecule has 1 aliphatic heterocycles. The molecule has 8 heteroatoms. The maximum atomic E-state index is 12.5. The van der Waals surface area contributed by atoms with Gasteiger partial charge in [0.1, 0.15) is 5.75 Å². The highest BCUT2D eigenvalue weighted by Crippen LogP contribution is 2.26. The number of methoxy groups -OCH3 is 1. The predicted molar refractivity (Wildman–Crippen MR) is 99.0 cm³/mol. The van der Waals surface area contributed by atoms with Crippen LogP contribution in [0.3, 0.4) is 0 Å². The molecule has 0 fully saturated rings. The van der Waals surface area contributed by atoms with Crippen molar-refractivity contribution in [1.29, 1.82) is 0 Å². The number of benzene rings is 2. The van der Waals surface area contributed by atoms with Gasteiger partial charge in [0.15, 0.2) is 0 Å². The third kappa shape index (κ3) is 4.10. The highest BCUT2D eigenvalue weighted by molar-refractivity contribution is 9.10. The number of ether oxygens (including phenoxy) is 1. The Bertz CT molecular complexity index is 843. The molecule has 0 atom stereocenters. The number of hydrogen-bond acceptors (Lipinski definition) is 4. The van der Waals surface area contributed by atoms with E-state index in [9.17, 15) is 8.42 Å². The summed E-state index contributed by atoms with van der Waals surface area (Å²) in [7, 11) is -2.12. The van der Waals surface area contributed by atoms with Crippen molar-refractivity contribution in [1.82, 2.24) is 10.0 Å². The van der Waals surface area contributed by atoms with Gasteiger partial charge in [0.2, 0.25) is 10.0 Å². The lowest BCUT2D eigenvalue weighted by molar-refractivity contribution is 0.413. The van der Waals surface area contributed by atoms with Gasteiger partial charge in [0, 0.05) is 30.2 Å². The first-order valence-corrected chi connectivity index (χ1v) is 9.42. The molecular weight excluding hydrogens is 416 g/mol. The van der Waals surface area contributed by atoms with Crippen LogP contribution in [0.5, 0.6) is 5.75 Å². The van der Waals surface area contributed by atoms with Crippen LogP contribution in [0, 0.1) is 0 Å². The molecule has 1 heterocycles. The normalized spacial score (nSPS) is 13.2. The van der Waals surface area contributed by atoms with E-state index in [2.05, 4.69) is 26.0 Å². The second-order valence-electron chi connectivity index (χ2n) is 5.33. The Morgan fingerprint density at radius 1 is 1.17 bits per heavy atom. The standard InChI is InChI=1S/C16H17BrN2O3S.ClH/c1-22-14-4-5-15(17)16(7-14)23(20,21)19-8-11-2-3-12-9-18-10-13(12)6-11;/h2-7,18-19H,8-10H2,1H3;1H. The van der Waals surface area contributed by atoms with Gasteiger partial charge in [-0.15, -0.1) is 12.4 Å². The molecular formula is C16H18BrClN2O3S. The van der Waals surface area contributed by atoms with E-state index in [0.717, 1.165) is 18.7 Å². The summed E-state index contributed by atoms with van der Waals surface area (Å²) >= 11 is 3.28. The maximum absolute atomic E-state index is 12.5. The van der Waals surface area contributed by atoms with E-state index < -0.39 is 10.0 Å². The zero-order valence-electron chi connectivity index (χ0n) is 13.0. The van der Waals surface area contributed by atoms with Crippen LogP contribution in [0.4, 0.5) is 0 Å². The maximum Gasteiger partial charge on any atom is 0.242 e. The Hall–Kier alpha value is -1.12. The molecule has 1 aliphatic rings. The van der Waals surface area contributed by atoms with E-state index in [1.165, 1.54) is 24.3 Å². The lowest BCUT2D eigenvalue weighted by Crippen LogP contribution is -2.23. The van der Waals surface area contributed by atoms with Crippen molar-refractivity contribution in [2.45, 2.75) is 24.5 Å².